The Hall–Kier alpha value is -3.77. The fraction of sp³-hybridized carbons (Fsp3) is 0.423. The summed E-state index contributed by atoms with van der Waals surface area (Å²) in [7, 11) is 1.65. The van der Waals surface area contributed by atoms with Gasteiger partial charge < -0.3 is 9.88 Å². The number of nitrogens with one attached hydrogen (secondary N) is 1. The SMILES string of the molecule is CC#CCn1c(C[C@@H]2CCCNC2)nc2c1c(=O)n(Cc1nc(C)c3ccccc3n1)c(=O)n2C. The number of nitrogens with zero attached hydrogens (tertiary/aromatic N) is 6. The Labute approximate surface area is 202 Å². The van der Waals surface area contributed by atoms with E-state index >= 15 is 0 Å². The highest BCUT2D eigenvalue weighted by Crippen LogP contribution is 2.19. The molecule has 0 radical (unpaired) electrons. The van der Waals surface area contributed by atoms with Crippen molar-refractivity contribution in [3.63, 3.8) is 0 Å². The third-order valence-corrected chi connectivity index (χ3v) is 6.74. The second-order valence-corrected chi connectivity index (χ2v) is 9.10. The number of fused-ring (bicyclic) bond motifs is 2. The maximum absolute atomic E-state index is 13.7. The molecular formula is C26H29N7O2. The van der Waals surface area contributed by atoms with Crippen molar-refractivity contribution in [1.82, 2.24) is 34.0 Å². The summed E-state index contributed by atoms with van der Waals surface area (Å²) in [4.78, 5) is 40.9. The number of para-hydroxylation sites is 1. The minimum absolute atomic E-state index is 0.0143. The summed E-state index contributed by atoms with van der Waals surface area (Å²) in [6.07, 6.45) is 2.96. The molecule has 0 spiro atoms. The lowest BCUT2D eigenvalue weighted by Gasteiger charge is -2.22. The van der Waals surface area contributed by atoms with Gasteiger partial charge in [0.25, 0.3) is 5.56 Å². The second kappa shape index (κ2) is 9.47. The van der Waals surface area contributed by atoms with Crippen molar-refractivity contribution in [2.45, 2.75) is 46.2 Å². The third kappa shape index (κ3) is 4.26. The first kappa shape index (κ1) is 23.0. The van der Waals surface area contributed by atoms with Crippen LogP contribution in [0.15, 0.2) is 33.9 Å². The fourth-order valence-electron chi connectivity index (χ4n) is 4.90. The standard InChI is InChI=1S/C26H29N7O2/c1-4-5-13-32-22(14-18-9-8-12-27-15-18)30-24-23(32)25(34)33(26(35)31(24)3)16-21-28-17(2)19-10-6-7-11-20(19)29-21/h6-7,10-11,18,27H,8-9,12-16H2,1-3H3/t18-/m0/s1. The van der Waals surface area contributed by atoms with Gasteiger partial charge in [0.2, 0.25) is 0 Å². The Morgan fingerprint density at radius 1 is 1.14 bits per heavy atom. The first-order chi connectivity index (χ1) is 17.0. The van der Waals surface area contributed by atoms with Crippen molar-refractivity contribution >= 4 is 22.1 Å². The summed E-state index contributed by atoms with van der Waals surface area (Å²) in [5.41, 5.74) is 1.55. The molecule has 1 fully saturated rings. The molecule has 3 aromatic heterocycles. The van der Waals surface area contributed by atoms with Crippen LogP contribution in [-0.2, 0) is 26.6 Å². The Bertz CT molecular complexity index is 1590. The maximum Gasteiger partial charge on any atom is 0.332 e. The molecule has 5 rings (SSSR count). The smallest absolute Gasteiger partial charge is 0.316 e. The van der Waals surface area contributed by atoms with Crippen LogP contribution in [0.1, 0.15) is 37.1 Å². The molecule has 1 N–H and O–H groups in total. The zero-order valence-electron chi connectivity index (χ0n) is 20.3. The quantitative estimate of drug-likeness (QED) is 0.446. The minimum atomic E-state index is -0.436. The molecule has 4 heterocycles. The van der Waals surface area contributed by atoms with Gasteiger partial charge in [0.1, 0.15) is 11.6 Å². The van der Waals surface area contributed by atoms with Crippen LogP contribution in [-0.4, -0.2) is 41.7 Å². The summed E-state index contributed by atoms with van der Waals surface area (Å²) in [5.74, 6) is 7.64. The summed E-state index contributed by atoms with van der Waals surface area (Å²) < 4.78 is 4.53. The van der Waals surface area contributed by atoms with Gasteiger partial charge in [0.05, 0.1) is 18.6 Å². The van der Waals surface area contributed by atoms with Crippen LogP contribution in [0.4, 0.5) is 0 Å². The summed E-state index contributed by atoms with van der Waals surface area (Å²) >= 11 is 0. The van der Waals surface area contributed by atoms with Crippen molar-refractivity contribution in [3.05, 3.63) is 62.4 Å². The van der Waals surface area contributed by atoms with E-state index in [1.54, 1.807) is 14.0 Å². The monoisotopic (exact) mass is 471 g/mol. The molecule has 1 aromatic carbocycles. The molecule has 0 saturated carbocycles. The summed E-state index contributed by atoms with van der Waals surface area (Å²) in [5, 5.41) is 4.39. The van der Waals surface area contributed by atoms with E-state index in [4.69, 9.17) is 4.98 Å². The molecule has 1 aliphatic rings. The molecule has 1 saturated heterocycles. The number of aromatic nitrogens is 6. The molecular weight excluding hydrogens is 442 g/mol. The highest BCUT2D eigenvalue weighted by atomic mass is 16.2. The summed E-state index contributed by atoms with van der Waals surface area (Å²) in [6.45, 7) is 5.97. The van der Waals surface area contributed by atoms with Crippen LogP contribution in [0.3, 0.4) is 0 Å². The van der Waals surface area contributed by atoms with Crippen LogP contribution in [0, 0.1) is 24.7 Å². The largest absolute Gasteiger partial charge is 0.332 e. The first-order valence-electron chi connectivity index (χ1n) is 12.0. The van der Waals surface area contributed by atoms with Crippen molar-refractivity contribution in [2.24, 2.45) is 13.0 Å². The van der Waals surface area contributed by atoms with Crippen LogP contribution < -0.4 is 16.6 Å². The van der Waals surface area contributed by atoms with Gasteiger partial charge in [-0.05, 0) is 51.8 Å². The normalized spacial score (nSPS) is 15.9. The van der Waals surface area contributed by atoms with E-state index in [-0.39, 0.29) is 6.54 Å². The van der Waals surface area contributed by atoms with Gasteiger partial charge in [0.15, 0.2) is 11.2 Å². The van der Waals surface area contributed by atoms with E-state index < -0.39 is 11.2 Å². The van der Waals surface area contributed by atoms with E-state index in [0.29, 0.717) is 29.5 Å². The zero-order chi connectivity index (χ0) is 24.5. The molecule has 9 heteroatoms. The number of piperidine rings is 1. The van der Waals surface area contributed by atoms with E-state index in [2.05, 4.69) is 27.1 Å². The van der Waals surface area contributed by atoms with E-state index in [0.717, 1.165) is 54.8 Å². The number of imidazole rings is 1. The van der Waals surface area contributed by atoms with E-state index in [1.807, 2.05) is 35.8 Å². The minimum Gasteiger partial charge on any atom is -0.316 e. The lowest BCUT2D eigenvalue weighted by molar-refractivity contribution is 0.368. The molecule has 9 nitrogen and oxygen atoms in total. The van der Waals surface area contributed by atoms with Gasteiger partial charge >= 0.3 is 5.69 Å². The Kier molecular flexibility index (Phi) is 6.22. The van der Waals surface area contributed by atoms with E-state index in [1.165, 1.54) is 9.13 Å². The Balaban J connectivity index is 1.64. The third-order valence-electron chi connectivity index (χ3n) is 6.74. The van der Waals surface area contributed by atoms with Gasteiger partial charge in [-0.1, -0.05) is 24.1 Å². The molecule has 0 amide bonds. The predicted octanol–water partition coefficient (Wildman–Crippen LogP) is 1.76. The van der Waals surface area contributed by atoms with Crippen molar-refractivity contribution in [3.8, 4) is 11.8 Å². The fourth-order valence-corrected chi connectivity index (χ4v) is 4.90. The number of hydrogen-bond acceptors (Lipinski definition) is 6. The molecule has 0 aliphatic carbocycles. The molecule has 1 atom stereocenters. The van der Waals surface area contributed by atoms with Crippen molar-refractivity contribution in [1.29, 1.82) is 0 Å². The average molecular weight is 472 g/mol. The van der Waals surface area contributed by atoms with Gasteiger partial charge in [-0.3, -0.25) is 13.9 Å². The van der Waals surface area contributed by atoms with Crippen LogP contribution in [0.5, 0.6) is 0 Å². The Morgan fingerprint density at radius 2 is 1.97 bits per heavy atom. The molecule has 0 unspecified atom stereocenters. The molecule has 180 valence electrons. The topological polar surface area (TPSA) is 99.6 Å². The summed E-state index contributed by atoms with van der Waals surface area (Å²) in [6, 6.07) is 7.71. The molecule has 0 bridgehead atoms. The number of hydrogen-bond donors (Lipinski definition) is 1. The number of rotatable bonds is 5. The van der Waals surface area contributed by atoms with Gasteiger partial charge in [-0.15, -0.1) is 5.92 Å². The Morgan fingerprint density at radius 3 is 2.74 bits per heavy atom. The van der Waals surface area contributed by atoms with Crippen molar-refractivity contribution in [2.75, 3.05) is 13.1 Å². The van der Waals surface area contributed by atoms with Gasteiger partial charge in [-0.2, -0.15) is 0 Å². The van der Waals surface area contributed by atoms with Crippen LogP contribution >= 0.6 is 0 Å². The van der Waals surface area contributed by atoms with E-state index in [9.17, 15) is 9.59 Å². The lowest BCUT2D eigenvalue weighted by Crippen LogP contribution is -2.40. The second-order valence-electron chi connectivity index (χ2n) is 9.10. The number of aryl methyl sites for hydroxylation is 2. The van der Waals surface area contributed by atoms with Crippen LogP contribution in [0.25, 0.3) is 22.1 Å². The molecule has 4 aromatic rings. The van der Waals surface area contributed by atoms with Crippen LogP contribution in [0.2, 0.25) is 0 Å². The molecule has 35 heavy (non-hydrogen) atoms. The highest BCUT2D eigenvalue weighted by Gasteiger charge is 2.23. The lowest BCUT2D eigenvalue weighted by atomic mass is 9.96. The van der Waals surface area contributed by atoms with Gasteiger partial charge in [0, 0.05) is 24.5 Å². The highest BCUT2D eigenvalue weighted by molar-refractivity contribution is 5.80. The number of benzene rings is 1. The zero-order valence-corrected chi connectivity index (χ0v) is 20.3. The van der Waals surface area contributed by atoms with Crippen molar-refractivity contribution < 1.29 is 0 Å². The average Bonchev–Trinajstić information content (AvgIpc) is 3.22. The maximum atomic E-state index is 13.7. The van der Waals surface area contributed by atoms with Gasteiger partial charge in [-0.25, -0.2) is 19.7 Å². The molecule has 1 aliphatic heterocycles. The first-order valence-corrected chi connectivity index (χ1v) is 12.0. The predicted molar refractivity (Wildman–Crippen MR) is 135 cm³/mol.